The molecule has 0 saturated carbocycles. The van der Waals surface area contributed by atoms with Crippen LogP contribution in [0.2, 0.25) is 0 Å². The van der Waals surface area contributed by atoms with E-state index >= 15 is 0 Å². The molecule has 1 N–H and O–H groups in total. The summed E-state index contributed by atoms with van der Waals surface area (Å²) in [5.41, 5.74) is 2.80. The quantitative estimate of drug-likeness (QED) is 0.796. The molecule has 3 aromatic heterocycles. The van der Waals surface area contributed by atoms with Crippen molar-refractivity contribution < 1.29 is 4.74 Å². The van der Waals surface area contributed by atoms with Crippen LogP contribution < -0.4 is 10.1 Å². The molecule has 5 nitrogen and oxygen atoms in total. The Labute approximate surface area is 126 Å². The highest BCUT2D eigenvalue weighted by Crippen LogP contribution is 2.26. The van der Waals surface area contributed by atoms with Crippen LogP contribution >= 0.6 is 11.3 Å². The largest absolute Gasteiger partial charge is 0.495 e. The number of ether oxygens (including phenoxy) is 1. The Morgan fingerprint density at radius 3 is 2.76 bits per heavy atom. The number of methoxy groups -OCH3 is 1. The van der Waals surface area contributed by atoms with Gasteiger partial charge in [-0.05, 0) is 36.8 Å². The summed E-state index contributed by atoms with van der Waals surface area (Å²) in [6.45, 7) is 2.03. The Kier molecular flexibility index (Phi) is 3.79. The summed E-state index contributed by atoms with van der Waals surface area (Å²) in [6.07, 6.45) is 3.46. The number of anilines is 2. The lowest BCUT2D eigenvalue weighted by Gasteiger charge is -2.02. The van der Waals surface area contributed by atoms with E-state index in [4.69, 9.17) is 4.74 Å². The number of rotatable bonds is 4. The van der Waals surface area contributed by atoms with Gasteiger partial charge in [0, 0.05) is 11.6 Å². The number of thiazole rings is 1. The fourth-order valence-electron chi connectivity index (χ4n) is 1.82. The third-order valence-corrected chi connectivity index (χ3v) is 3.65. The van der Waals surface area contributed by atoms with Gasteiger partial charge in [-0.1, -0.05) is 0 Å². The second-order valence-electron chi connectivity index (χ2n) is 4.46. The van der Waals surface area contributed by atoms with Gasteiger partial charge in [0.05, 0.1) is 19.0 Å². The fourth-order valence-corrected chi connectivity index (χ4v) is 2.53. The number of nitrogens with zero attached hydrogens (tertiary/aromatic N) is 3. The summed E-state index contributed by atoms with van der Waals surface area (Å²) >= 11 is 1.52. The number of pyridine rings is 2. The van der Waals surface area contributed by atoms with E-state index in [0.717, 1.165) is 33.7 Å². The lowest BCUT2D eigenvalue weighted by molar-refractivity contribution is 0.413. The number of aromatic nitrogens is 3. The summed E-state index contributed by atoms with van der Waals surface area (Å²) < 4.78 is 5.10. The van der Waals surface area contributed by atoms with Crippen molar-refractivity contribution in [1.29, 1.82) is 0 Å². The lowest BCUT2D eigenvalue weighted by Crippen LogP contribution is -1.93. The molecule has 21 heavy (non-hydrogen) atoms. The van der Waals surface area contributed by atoms with Crippen LogP contribution in [0.25, 0.3) is 11.4 Å². The smallest absolute Gasteiger partial charge is 0.188 e. The molecule has 0 spiro atoms. The van der Waals surface area contributed by atoms with Crippen molar-refractivity contribution in [2.75, 3.05) is 12.4 Å². The molecule has 106 valence electrons. The normalized spacial score (nSPS) is 10.4. The maximum absolute atomic E-state index is 5.10. The van der Waals surface area contributed by atoms with Crippen molar-refractivity contribution in [3.05, 3.63) is 47.6 Å². The Morgan fingerprint density at radius 1 is 1.14 bits per heavy atom. The Hall–Kier alpha value is -2.47. The first-order chi connectivity index (χ1) is 10.2. The molecule has 3 heterocycles. The molecule has 0 aliphatic rings. The summed E-state index contributed by atoms with van der Waals surface area (Å²) in [7, 11) is 1.62. The van der Waals surface area contributed by atoms with E-state index in [0.29, 0.717) is 0 Å². The van der Waals surface area contributed by atoms with Crippen LogP contribution in [0, 0.1) is 6.92 Å². The second-order valence-corrected chi connectivity index (χ2v) is 5.32. The van der Waals surface area contributed by atoms with Crippen LogP contribution in [0.4, 0.5) is 10.9 Å². The van der Waals surface area contributed by atoms with Gasteiger partial charge in [-0.15, -0.1) is 11.3 Å². The maximum atomic E-state index is 5.10. The standard InChI is InChI=1S/C15H14N4OS/c1-10-5-6-16-14(7-10)19-15-18-13(9-21-15)12-4-3-11(20-2)8-17-12/h3-9H,1-2H3,(H,16,18,19). The van der Waals surface area contributed by atoms with Crippen LogP contribution in [0.1, 0.15) is 5.56 Å². The average Bonchev–Trinajstić information content (AvgIpc) is 2.96. The predicted molar refractivity (Wildman–Crippen MR) is 84.2 cm³/mol. The number of aryl methyl sites for hydroxylation is 1. The first kappa shape index (κ1) is 13.5. The number of nitrogens with one attached hydrogen (secondary N) is 1. The van der Waals surface area contributed by atoms with Gasteiger partial charge >= 0.3 is 0 Å². The van der Waals surface area contributed by atoms with Crippen LogP contribution in [0.3, 0.4) is 0 Å². The molecule has 0 aliphatic heterocycles. The molecule has 0 atom stereocenters. The molecular formula is C15H14N4OS. The molecule has 0 amide bonds. The zero-order valence-corrected chi connectivity index (χ0v) is 12.5. The van der Waals surface area contributed by atoms with Gasteiger partial charge in [-0.25, -0.2) is 9.97 Å². The van der Waals surface area contributed by atoms with Crippen LogP contribution in [0.15, 0.2) is 42.0 Å². The topological polar surface area (TPSA) is 59.9 Å². The van der Waals surface area contributed by atoms with Crippen molar-refractivity contribution in [2.45, 2.75) is 6.92 Å². The lowest BCUT2D eigenvalue weighted by atomic mass is 10.3. The van der Waals surface area contributed by atoms with Crippen LogP contribution in [-0.4, -0.2) is 22.1 Å². The summed E-state index contributed by atoms with van der Waals surface area (Å²) in [5.74, 6) is 1.52. The molecule has 0 radical (unpaired) electrons. The SMILES string of the molecule is COc1ccc(-c2csc(Nc3cc(C)ccn3)n2)nc1. The molecule has 3 rings (SSSR count). The number of hydrogen-bond donors (Lipinski definition) is 1. The van der Waals surface area contributed by atoms with E-state index in [-0.39, 0.29) is 0 Å². The predicted octanol–water partition coefficient (Wildman–Crippen LogP) is 3.66. The molecule has 0 aromatic carbocycles. The molecule has 0 unspecified atom stereocenters. The molecule has 3 aromatic rings. The fraction of sp³-hybridized carbons (Fsp3) is 0.133. The first-order valence-electron chi connectivity index (χ1n) is 6.40. The van der Waals surface area contributed by atoms with E-state index < -0.39 is 0 Å². The maximum Gasteiger partial charge on any atom is 0.188 e. The van der Waals surface area contributed by atoms with Gasteiger partial charge in [0.2, 0.25) is 0 Å². The average molecular weight is 298 g/mol. The van der Waals surface area contributed by atoms with Crippen molar-refractivity contribution >= 4 is 22.3 Å². The minimum atomic E-state index is 0.733. The van der Waals surface area contributed by atoms with Gasteiger partial charge in [-0.3, -0.25) is 4.98 Å². The minimum absolute atomic E-state index is 0.733. The highest BCUT2D eigenvalue weighted by Gasteiger charge is 2.07. The van der Waals surface area contributed by atoms with Gasteiger partial charge in [0.25, 0.3) is 0 Å². The second kappa shape index (κ2) is 5.88. The first-order valence-corrected chi connectivity index (χ1v) is 7.28. The van der Waals surface area contributed by atoms with Crippen molar-refractivity contribution in [1.82, 2.24) is 15.0 Å². The van der Waals surface area contributed by atoms with Gasteiger partial charge < -0.3 is 10.1 Å². The monoisotopic (exact) mass is 298 g/mol. The van der Waals surface area contributed by atoms with Gasteiger partial charge in [0.15, 0.2) is 5.13 Å². The molecule has 0 aliphatic carbocycles. The van der Waals surface area contributed by atoms with E-state index in [1.807, 2.05) is 36.6 Å². The molecular weight excluding hydrogens is 284 g/mol. The van der Waals surface area contributed by atoms with Crippen LogP contribution in [0.5, 0.6) is 5.75 Å². The Bertz CT molecular complexity index is 739. The minimum Gasteiger partial charge on any atom is -0.495 e. The summed E-state index contributed by atoms with van der Waals surface area (Å²) in [4.78, 5) is 13.1. The summed E-state index contributed by atoms with van der Waals surface area (Å²) in [6, 6.07) is 7.70. The van der Waals surface area contributed by atoms with Crippen molar-refractivity contribution in [2.24, 2.45) is 0 Å². The van der Waals surface area contributed by atoms with Crippen molar-refractivity contribution in [3.63, 3.8) is 0 Å². The molecule has 0 saturated heterocycles. The zero-order chi connectivity index (χ0) is 14.7. The Morgan fingerprint density at radius 2 is 2.05 bits per heavy atom. The highest BCUT2D eigenvalue weighted by atomic mass is 32.1. The van der Waals surface area contributed by atoms with Crippen molar-refractivity contribution in [3.8, 4) is 17.1 Å². The molecule has 0 bridgehead atoms. The van der Waals surface area contributed by atoms with Gasteiger partial charge in [0.1, 0.15) is 17.3 Å². The Balaban J connectivity index is 1.79. The van der Waals surface area contributed by atoms with Gasteiger partial charge in [-0.2, -0.15) is 0 Å². The van der Waals surface area contributed by atoms with E-state index in [1.165, 1.54) is 11.3 Å². The third-order valence-electron chi connectivity index (χ3n) is 2.89. The van der Waals surface area contributed by atoms with Crippen LogP contribution in [-0.2, 0) is 0 Å². The van der Waals surface area contributed by atoms with E-state index in [2.05, 4.69) is 20.3 Å². The summed E-state index contributed by atoms with van der Waals surface area (Å²) in [5, 5.41) is 5.96. The molecule has 6 heteroatoms. The van der Waals surface area contributed by atoms with E-state index in [1.54, 1.807) is 19.5 Å². The zero-order valence-electron chi connectivity index (χ0n) is 11.7. The number of hydrogen-bond acceptors (Lipinski definition) is 6. The third kappa shape index (κ3) is 3.17. The molecule has 0 fully saturated rings. The highest BCUT2D eigenvalue weighted by molar-refractivity contribution is 7.14. The van der Waals surface area contributed by atoms with E-state index in [9.17, 15) is 0 Å².